The van der Waals surface area contributed by atoms with Crippen LogP contribution in [0.5, 0.6) is 0 Å². The zero-order valence-electron chi connectivity index (χ0n) is 11.3. The van der Waals surface area contributed by atoms with Crippen molar-refractivity contribution in [3.63, 3.8) is 0 Å². The molecule has 0 bridgehead atoms. The van der Waals surface area contributed by atoms with Crippen LogP contribution in [0.25, 0.3) is 0 Å². The van der Waals surface area contributed by atoms with Crippen molar-refractivity contribution in [3.05, 3.63) is 42.5 Å². The van der Waals surface area contributed by atoms with Crippen molar-refractivity contribution in [1.82, 2.24) is 5.32 Å². The van der Waals surface area contributed by atoms with Crippen molar-refractivity contribution in [1.29, 1.82) is 0 Å². The molecule has 2 amide bonds. The molecule has 2 rings (SSSR count). The molecular formula is C15H19N3O2. The molecule has 0 aromatic heterocycles. The normalized spacial score (nSPS) is 15.2. The Morgan fingerprint density at radius 2 is 2.00 bits per heavy atom. The summed E-state index contributed by atoms with van der Waals surface area (Å²) in [6.07, 6.45) is 4.14. The molecule has 0 aliphatic heterocycles. The van der Waals surface area contributed by atoms with E-state index in [-0.39, 0.29) is 11.8 Å². The predicted octanol–water partition coefficient (Wildman–Crippen LogP) is 1.42. The van der Waals surface area contributed by atoms with Gasteiger partial charge in [0.25, 0.3) is 5.91 Å². The fraction of sp³-hybridized carbons (Fsp3) is 0.333. The van der Waals surface area contributed by atoms with E-state index in [0.29, 0.717) is 23.7 Å². The van der Waals surface area contributed by atoms with Gasteiger partial charge in [0.2, 0.25) is 5.91 Å². The summed E-state index contributed by atoms with van der Waals surface area (Å²) in [6, 6.07) is 6.49. The van der Waals surface area contributed by atoms with Gasteiger partial charge in [-0.3, -0.25) is 9.59 Å². The molecule has 0 radical (unpaired) electrons. The second-order valence-electron chi connectivity index (χ2n) is 4.95. The monoisotopic (exact) mass is 273 g/mol. The van der Waals surface area contributed by atoms with Gasteiger partial charge in [-0.25, -0.2) is 0 Å². The molecule has 0 spiro atoms. The molecule has 1 saturated carbocycles. The van der Waals surface area contributed by atoms with Crippen molar-refractivity contribution >= 4 is 17.5 Å². The summed E-state index contributed by atoms with van der Waals surface area (Å²) in [7, 11) is 0. The van der Waals surface area contributed by atoms with Crippen molar-refractivity contribution in [2.45, 2.75) is 31.3 Å². The number of nitrogens with two attached hydrogens (primary N) is 1. The molecule has 1 aromatic carbocycles. The number of amides is 2. The molecule has 0 heterocycles. The first-order valence-electron chi connectivity index (χ1n) is 6.68. The van der Waals surface area contributed by atoms with Crippen LogP contribution in [0.2, 0.25) is 0 Å². The number of hydrogen-bond donors (Lipinski definition) is 3. The highest BCUT2D eigenvalue weighted by Gasteiger charge is 2.23. The summed E-state index contributed by atoms with van der Waals surface area (Å²) in [6.45, 7) is 3.55. The Balaban J connectivity index is 1.91. The Bertz CT molecular complexity index is 506. The van der Waals surface area contributed by atoms with Crippen LogP contribution in [0.4, 0.5) is 5.69 Å². The quantitative estimate of drug-likeness (QED) is 0.685. The highest BCUT2D eigenvalue weighted by Crippen LogP contribution is 2.19. The zero-order valence-corrected chi connectivity index (χ0v) is 11.3. The van der Waals surface area contributed by atoms with E-state index < -0.39 is 6.04 Å². The Morgan fingerprint density at radius 1 is 1.35 bits per heavy atom. The second kappa shape index (κ2) is 6.34. The molecule has 1 aliphatic carbocycles. The van der Waals surface area contributed by atoms with Crippen LogP contribution < -0.4 is 16.4 Å². The maximum Gasteiger partial charge on any atom is 0.251 e. The molecular weight excluding hydrogens is 254 g/mol. The highest BCUT2D eigenvalue weighted by molar-refractivity contribution is 5.97. The lowest BCUT2D eigenvalue weighted by Crippen LogP contribution is -2.35. The van der Waals surface area contributed by atoms with Crippen LogP contribution in [0.3, 0.4) is 0 Å². The standard InChI is InChI=1S/C15H19N3O2/c1-2-3-13(16)15(20)18-11-6-4-10(5-7-11)14(19)17-12-8-9-12/h2,4-7,12-13H,1,3,8-9,16H2,(H,17,19)(H,18,20). The zero-order chi connectivity index (χ0) is 14.5. The first-order valence-corrected chi connectivity index (χ1v) is 6.68. The molecule has 5 heteroatoms. The SMILES string of the molecule is C=CCC(N)C(=O)Nc1ccc(C(=O)NC2CC2)cc1. The summed E-state index contributed by atoms with van der Waals surface area (Å²) in [5.41, 5.74) is 6.88. The molecule has 0 saturated heterocycles. The molecule has 1 aromatic rings. The summed E-state index contributed by atoms with van der Waals surface area (Å²) in [5.74, 6) is -0.339. The lowest BCUT2D eigenvalue weighted by Gasteiger charge is -2.10. The van der Waals surface area contributed by atoms with Crippen LogP contribution in [-0.2, 0) is 4.79 Å². The number of rotatable bonds is 6. The minimum absolute atomic E-state index is 0.0752. The van der Waals surface area contributed by atoms with E-state index in [2.05, 4.69) is 17.2 Å². The Hall–Kier alpha value is -2.14. The minimum Gasteiger partial charge on any atom is -0.349 e. The van der Waals surface area contributed by atoms with Gasteiger partial charge < -0.3 is 16.4 Å². The third-order valence-corrected chi connectivity index (χ3v) is 3.08. The second-order valence-corrected chi connectivity index (χ2v) is 4.95. The van der Waals surface area contributed by atoms with E-state index in [9.17, 15) is 9.59 Å². The first kappa shape index (κ1) is 14.3. The van der Waals surface area contributed by atoms with Crippen LogP contribution in [0.1, 0.15) is 29.6 Å². The number of nitrogens with one attached hydrogen (secondary N) is 2. The van der Waals surface area contributed by atoms with Crippen LogP contribution in [0, 0.1) is 0 Å². The van der Waals surface area contributed by atoms with Crippen molar-refractivity contribution in [3.8, 4) is 0 Å². The third-order valence-electron chi connectivity index (χ3n) is 3.08. The molecule has 1 unspecified atom stereocenters. The average Bonchev–Trinajstić information content (AvgIpc) is 3.23. The lowest BCUT2D eigenvalue weighted by molar-refractivity contribution is -0.117. The number of carbonyl (C=O) groups excluding carboxylic acids is 2. The largest absolute Gasteiger partial charge is 0.349 e. The van der Waals surface area contributed by atoms with Crippen molar-refractivity contribution in [2.75, 3.05) is 5.32 Å². The van der Waals surface area contributed by atoms with E-state index in [0.717, 1.165) is 12.8 Å². The van der Waals surface area contributed by atoms with Gasteiger partial charge in [0.05, 0.1) is 6.04 Å². The molecule has 106 valence electrons. The third kappa shape index (κ3) is 3.93. The van der Waals surface area contributed by atoms with Crippen LogP contribution in [-0.4, -0.2) is 23.9 Å². The van der Waals surface area contributed by atoms with Gasteiger partial charge in [-0.1, -0.05) is 6.08 Å². The number of anilines is 1. The molecule has 5 nitrogen and oxygen atoms in total. The van der Waals surface area contributed by atoms with E-state index in [1.165, 1.54) is 0 Å². The van der Waals surface area contributed by atoms with Gasteiger partial charge in [0, 0.05) is 17.3 Å². The number of benzene rings is 1. The van der Waals surface area contributed by atoms with Gasteiger partial charge in [0.15, 0.2) is 0 Å². The molecule has 1 aliphatic rings. The molecule has 1 atom stereocenters. The Kier molecular flexibility index (Phi) is 4.53. The number of carbonyl (C=O) groups is 2. The summed E-state index contributed by atoms with van der Waals surface area (Å²) in [5, 5.41) is 5.61. The Morgan fingerprint density at radius 3 is 2.55 bits per heavy atom. The van der Waals surface area contributed by atoms with E-state index in [1.807, 2.05) is 0 Å². The van der Waals surface area contributed by atoms with Gasteiger partial charge in [0.1, 0.15) is 0 Å². The lowest BCUT2D eigenvalue weighted by atomic mass is 10.1. The minimum atomic E-state index is -0.606. The first-order chi connectivity index (χ1) is 9.60. The van der Waals surface area contributed by atoms with Gasteiger partial charge in [-0.15, -0.1) is 6.58 Å². The van der Waals surface area contributed by atoms with Gasteiger partial charge >= 0.3 is 0 Å². The van der Waals surface area contributed by atoms with E-state index >= 15 is 0 Å². The smallest absolute Gasteiger partial charge is 0.251 e. The maximum atomic E-state index is 11.8. The maximum absolute atomic E-state index is 11.8. The molecule has 4 N–H and O–H groups in total. The van der Waals surface area contributed by atoms with E-state index in [4.69, 9.17) is 5.73 Å². The summed E-state index contributed by atoms with van der Waals surface area (Å²) in [4.78, 5) is 23.5. The fourth-order valence-electron chi connectivity index (χ4n) is 1.72. The average molecular weight is 273 g/mol. The highest BCUT2D eigenvalue weighted by atomic mass is 16.2. The Labute approximate surface area is 118 Å². The fourth-order valence-corrected chi connectivity index (χ4v) is 1.72. The van der Waals surface area contributed by atoms with Crippen molar-refractivity contribution < 1.29 is 9.59 Å². The van der Waals surface area contributed by atoms with E-state index in [1.54, 1.807) is 30.3 Å². The number of hydrogen-bond acceptors (Lipinski definition) is 3. The molecule has 1 fully saturated rings. The van der Waals surface area contributed by atoms with Crippen LogP contribution >= 0.6 is 0 Å². The van der Waals surface area contributed by atoms with Gasteiger partial charge in [-0.05, 0) is 43.5 Å². The topological polar surface area (TPSA) is 84.2 Å². The van der Waals surface area contributed by atoms with Crippen LogP contribution in [0.15, 0.2) is 36.9 Å². The summed E-state index contributed by atoms with van der Waals surface area (Å²) >= 11 is 0. The predicted molar refractivity (Wildman–Crippen MR) is 78.3 cm³/mol. The summed E-state index contributed by atoms with van der Waals surface area (Å²) < 4.78 is 0. The van der Waals surface area contributed by atoms with Gasteiger partial charge in [-0.2, -0.15) is 0 Å². The van der Waals surface area contributed by atoms with Crippen molar-refractivity contribution in [2.24, 2.45) is 5.73 Å². The molecule has 20 heavy (non-hydrogen) atoms.